The van der Waals surface area contributed by atoms with Crippen LogP contribution in [0.4, 0.5) is 34.1 Å². The Balaban J connectivity index is 1.36. The van der Waals surface area contributed by atoms with Gasteiger partial charge < -0.3 is 14.2 Å². The Bertz CT molecular complexity index is 2560. The van der Waals surface area contributed by atoms with Crippen LogP contribution in [0.15, 0.2) is 192 Å². The van der Waals surface area contributed by atoms with E-state index in [0.29, 0.717) is 11.5 Å². The number of fused-ring (bicyclic) bond motifs is 3. The highest BCUT2D eigenvalue weighted by atomic mass is 16.3. The molecule has 4 heteroatoms. The lowest BCUT2D eigenvalue weighted by molar-refractivity contribution is 0.620. The highest BCUT2D eigenvalue weighted by molar-refractivity contribution is 6.03. The van der Waals surface area contributed by atoms with Gasteiger partial charge in [-0.2, -0.15) is 0 Å². The molecule has 0 unspecified atom stereocenters. The topological polar surface area (TPSA) is 32.5 Å². The van der Waals surface area contributed by atoms with Crippen molar-refractivity contribution in [2.24, 2.45) is 0 Å². The van der Waals surface area contributed by atoms with Gasteiger partial charge in [-0.3, -0.25) is 0 Å². The molecule has 0 N–H and O–H groups in total. The van der Waals surface area contributed by atoms with Gasteiger partial charge in [-0.15, -0.1) is 0 Å². The van der Waals surface area contributed by atoms with E-state index in [-0.39, 0.29) is 0 Å². The van der Waals surface area contributed by atoms with Gasteiger partial charge in [0.25, 0.3) is 0 Å². The van der Waals surface area contributed by atoms with Crippen LogP contribution < -0.4 is 9.80 Å². The van der Waals surface area contributed by atoms with Crippen molar-refractivity contribution in [2.75, 3.05) is 9.80 Å². The van der Waals surface area contributed by atoms with Gasteiger partial charge in [0, 0.05) is 34.1 Å². The van der Waals surface area contributed by atoms with E-state index < -0.39 is 0 Å². The lowest BCUT2D eigenvalue weighted by atomic mass is 10.1. The molecule has 0 aliphatic rings. The van der Waals surface area contributed by atoms with Crippen LogP contribution in [0.3, 0.4) is 0 Å². The maximum Gasteiger partial charge on any atom is 0.227 e. The molecule has 0 spiro atoms. The fourth-order valence-electron chi connectivity index (χ4n) is 6.73. The fraction of sp³-hybridized carbons (Fsp3) is 0. The van der Waals surface area contributed by atoms with Gasteiger partial charge in [0.15, 0.2) is 5.58 Å². The van der Waals surface area contributed by atoms with Gasteiger partial charge in [-0.05, 0) is 76.8 Å². The molecule has 0 fully saturated rings. The van der Waals surface area contributed by atoms with Crippen molar-refractivity contribution >= 4 is 66.8 Å². The summed E-state index contributed by atoms with van der Waals surface area (Å²) >= 11 is 0. The van der Waals surface area contributed by atoms with Crippen LogP contribution in [0.5, 0.6) is 0 Å². The third kappa shape index (κ3) is 5.26. The molecule has 49 heavy (non-hydrogen) atoms. The SMILES string of the molecule is c1ccc(-c2nc3c(N(c4ccccc4)c4ccc5ccccc5c4)cc(N(c4ccccc4)c4cccc5ccccc45)cc3o2)cc1. The van der Waals surface area contributed by atoms with Crippen LogP contribution in [-0.2, 0) is 0 Å². The van der Waals surface area contributed by atoms with Crippen LogP contribution in [0.2, 0.25) is 0 Å². The number of hydrogen-bond acceptors (Lipinski definition) is 4. The summed E-state index contributed by atoms with van der Waals surface area (Å²) in [7, 11) is 0. The summed E-state index contributed by atoms with van der Waals surface area (Å²) < 4.78 is 6.67. The summed E-state index contributed by atoms with van der Waals surface area (Å²) in [5.41, 5.74) is 8.47. The molecule has 0 amide bonds. The molecule has 232 valence electrons. The number of hydrogen-bond donors (Lipinski definition) is 0. The quantitative estimate of drug-likeness (QED) is 0.176. The summed E-state index contributed by atoms with van der Waals surface area (Å²) in [6.45, 7) is 0. The predicted octanol–water partition coefficient (Wildman–Crippen LogP) is 12.7. The Morgan fingerprint density at radius 3 is 1.71 bits per heavy atom. The molecular weight excluding hydrogens is 599 g/mol. The molecule has 0 atom stereocenters. The maximum absolute atomic E-state index is 6.67. The molecule has 0 aliphatic heterocycles. The van der Waals surface area contributed by atoms with E-state index in [1.807, 2.05) is 30.3 Å². The van der Waals surface area contributed by atoms with Crippen LogP contribution in [-0.4, -0.2) is 4.98 Å². The zero-order valence-corrected chi connectivity index (χ0v) is 26.6. The maximum atomic E-state index is 6.67. The standard InChI is InChI=1S/C45H31N3O/c1-4-17-34(18-5-1)45-46-44-42(47(36-21-6-2-7-22-36)38-28-27-32-15-10-11-19-35(32)29-38)30-39(31-43(44)49-45)48(37-23-8-3-9-24-37)41-26-14-20-33-16-12-13-25-40(33)41/h1-31H. The highest BCUT2D eigenvalue weighted by Crippen LogP contribution is 2.46. The van der Waals surface area contributed by atoms with E-state index in [0.717, 1.165) is 50.6 Å². The Kier molecular flexibility index (Phi) is 7.10. The molecule has 1 aromatic heterocycles. The van der Waals surface area contributed by atoms with Crippen LogP contribution >= 0.6 is 0 Å². The summed E-state index contributed by atoms with van der Waals surface area (Å²) in [5, 5.41) is 4.69. The summed E-state index contributed by atoms with van der Waals surface area (Å²) in [6, 6.07) is 65.6. The van der Waals surface area contributed by atoms with E-state index in [1.54, 1.807) is 0 Å². The summed E-state index contributed by atoms with van der Waals surface area (Å²) in [4.78, 5) is 9.80. The predicted molar refractivity (Wildman–Crippen MR) is 204 cm³/mol. The Morgan fingerprint density at radius 2 is 0.980 bits per heavy atom. The number of oxazole rings is 1. The first kappa shape index (κ1) is 28.6. The van der Waals surface area contributed by atoms with E-state index >= 15 is 0 Å². The van der Waals surface area contributed by atoms with Gasteiger partial charge in [-0.25, -0.2) is 4.98 Å². The molecule has 9 rings (SSSR count). The highest BCUT2D eigenvalue weighted by Gasteiger charge is 2.24. The second kappa shape index (κ2) is 12.2. The van der Waals surface area contributed by atoms with Crippen molar-refractivity contribution in [3.63, 3.8) is 0 Å². The summed E-state index contributed by atoms with van der Waals surface area (Å²) in [6.07, 6.45) is 0. The van der Waals surface area contributed by atoms with Crippen molar-refractivity contribution < 1.29 is 4.42 Å². The van der Waals surface area contributed by atoms with Gasteiger partial charge in [-0.1, -0.05) is 121 Å². The van der Waals surface area contributed by atoms with Crippen molar-refractivity contribution in [3.05, 3.63) is 188 Å². The lowest BCUT2D eigenvalue weighted by Gasteiger charge is -2.30. The molecule has 0 aliphatic carbocycles. The minimum Gasteiger partial charge on any atom is -0.436 e. The third-order valence-electron chi connectivity index (χ3n) is 9.01. The minimum atomic E-state index is 0.581. The zero-order valence-electron chi connectivity index (χ0n) is 26.6. The number of nitrogens with zero attached hydrogens (tertiary/aromatic N) is 3. The van der Waals surface area contributed by atoms with E-state index in [9.17, 15) is 0 Å². The molecule has 9 aromatic rings. The molecule has 8 aromatic carbocycles. The molecule has 1 heterocycles. The largest absolute Gasteiger partial charge is 0.436 e. The molecular formula is C45H31N3O. The van der Waals surface area contributed by atoms with E-state index in [4.69, 9.17) is 9.40 Å². The molecule has 0 saturated heterocycles. The van der Waals surface area contributed by atoms with Crippen molar-refractivity contribution in [2.45, 2.75) is 0 Å². The number of benzene rings is 8. The number of rotatable bonds is 7. The van der Waals surface area contributed by atoms with Crippen molar-refractivity contribution in [1.29, 1.82) is 0 Å². The normalized spacial score (nSPS) is 11.3. The van der Waals surface area contributed by atoms with Gasteiger partial charge in [0.05, 0.1) is 17.1 Å². The van der Waals surface area contributed by atoms with E-state index in [1.165, 1.54) is 16.2 Å². The Morgan fingerprint density at radius 1 is 0.388 bits per heavy atom. The Hall–Kier alpha value is -6.65. The monoisotopic (exact) mass is 629 g/mol. The van der Waals surface area contributed by atoms with Crippen LogP contribution in [0.25, 0.3) is 44.1 Å². The van der Waals surface area contributed by atoms with Gasteiger partial charge >= 0.3 is 0 Å². The number of para-hydroxylation sites is 2. The summed E-state index contributed by atoms with van der Waals surface area (Å²) in [5.74, 6) is 0.581. The smallest absolute Gasteiger partial charge is 0.227 e. The van der Waals surface area contributed by atoms with Crippen molar-refractivity contribution in [1.82, 2.24) is 4.98 Å². The molecule has 0 saturated carbocycles. The first-order valence-electron chi connectivity index (χ1n) is 16.5. The average Bonchev–Trinajstić information content (AvgIpc) is 3.61. The van der Waals surface area contributed by atoms with Gasteiger partial charge in [0.1, 0.15) is 5.52 Å². The van der Waals surface area contributed by atoms with Gasteiger partial charge in [0.2, 0.25) is 5.89 Å². The fourth-order valence-corrected chi connectivity index (χ4v) is 6.73. The molecule has 4 nitrogen and oxygen atoms in total. The second-order valence-electron chi connectivity index (χ2n) is 12.1. The van der Waals surface area contributed by atoms with Crippen molar-refractivity contribution in [3.8, 4) is 11.5 Å². The Labute approximate surface area is 284 Å². The third-order valence-corrected chi connectivity index (χ3v) is 9.01. The second-order valence-corrected chi connectivity index (χ2v) is 12.1. The van der Waals surface area contributed by atoms with E-state index in [2.05, 4.69) is 168 Å². The van der Waals surface area contributed by atoms with Crippen LogP contribution in [0.1, 0.15) is 0 Å². The number of anilines is 6. The molecule has 0 radical (unpaired) electrons. The number of aromatic nitrogens is 1. The first-order chi connectivity index (χ1) is 24.3. The molecule has 0 bridgehead atoms. The zero-order chi connectivity index (χ0) is 32.6. The lowest BCUT2D eigenvalue weighted by Crippen LogP contribution is -2.14. The average molecular weight is 630 g/mol. The minimum absolute atomic E-state index is 0.581. The van der Waals surface area contributed by atoms with Crippen LogP contribution in [0, 0.1) is 0 Å². The first-order valence-corrected chi connectivity index (χ1v) is 16.5.